The fourth-order valence-electron chi connectivity index (χ4n) is 3.70. The Morgan fingerprint density at radius 3 is 2.79 bits per heavy atom. The van der Waals surface area contributed by atoms with Gasteiger partial charge in [0.2, 0.25) is 5.91 Å². The summed E-state index contributed by atoms with van der Waals surface area (Å²) in [5.41, 5.74) is 3.03. The first kappa shape index (κ1) is 19.3. The molecule has 0 radical (unpaired) electrons. The number of thioether (sulfide) groups is 1. The zero-order chi connectivity index (χ0) is 20.6. The van der Waals surface area contributed by atoms with Crippen molar-refractivity contribution in [2.75, 3.05) is 5.75 Å². The predicted molar refractivity (Wildman–Crippen MR) is 112 cm³/mol. The van der Waals surface area contributed by atoms with Gasteiger partial charge in [-0.2, -0.15) is 10.5 Å². The van der Waals surface area contributed by atoms with Crippen LogP contribution in [0.25, 0.3) is 16.7 Å². The molecule has 2 aromatic heterocycles. The van der Waals surface area contributed by atoms with Gasteiger partial charge in [-0.1, -0.05) is 30.8 Å². The van der Waals surface area contributed by atoms with Crippen LogP contribution < -0.4 is 5.32 Å². The summed E-state index contributed by atoms with van der Waals surface area (Å²) in [5.74, 6) is 0.277. The summed E-state index contributed by atoms with van der Waals surface area (Å²) >= 11 is 1.40. The van der Waals surface area contributed by atoms with Crippen molar-refractivity contribution in [1.82, 2.24) is 14.7 Å². The number of carbonyl (C=O) groups is 1. The molecule has 1 fully saturated rings. The number of pyridine rings is 1. The number of rotatable bonds is 6. The SMILES string of the molecule is CCc1cc(SCC(=O)N[C@@](C)(C#N)C2CC2)n2c(nc3ccccc32)c1C#N. The number of carbonyl (C=O) groups excluding carboxylic acids is 1. The number of hydrogen-bond acceptors (Lipinski definition) is 5. The van der Waals surface area contributed by atoms with Gasteiger partial charge in [-0.25, -0.2) is 4.98 Å². The second-order valence-electron chi connectivity index (χ2n) is 7.53. The van der Waals surface area contributed by atoms with Crippen molar-refractivity contribution in [2.45, 2.75) is 43.7 Å². The van der Waals surface area contributed by atoms with E-state index < -0.39 is 5.54 Å². The van der Waals surface area contributed by atoms with Crippen LogP contribution in [0.4, 0.5) is 0 Å². The van der Waals surface area contributed by atoms with Crippen molar-refractivity contribution >= 4 is 34.3 Å². The van der Waals surface area contributed by atoms with E-state index in [4.69, 9.17) is 0 Å². The standard InChI is InChI=1S/C22H21N5OS/c1-3-14-10-20(29-12-19(28)26-22(2,13-24)15-8-9-15)27-18-7-5-4-6-17(18)25-21(27)16(14)11-23/h4-7,10,15H,3,8-9,12H2,1-2H3,(H,26,28)/t22-/m0/s1. The highest BCUT2D eigenvalue weighted by atomic mass is 32.2. The third-order valence-electron chi connectivity index (χ3n) is 5.49. The molecule has 1 aliphatic rings. The number of amides is 1. The molecule has 0 spiro atoms. The van der Waals surface area contributed by atoms with Gasteiger partial charge in [-0.15, -0.1) is 0 Å². The van der Waals surface area contributed by atoms with Gasteiger partial charge in [-0.3, -0.25) is 9.20 Å². The normalized spacial score (nSPS) is 15.6. The van der Waals surface area contributed by atoms with Crippen molar-refractivity contribution in [3.63, 3.8) is 0 Å². The molecule has 0 unspecified atom stereocenters. The van der Waals surface area contributed by atoms with Crippen molar-refractivity contribution in [3.05, 3.63) is 41.5 Å². The van der Waals surface area contributed by atoms with E-state index in [0.717, 1.165) is 34.5 Å². The van der Waals surface area contributed by atoms with E-state index in [0.29, 0.717) is 17.6 Å². The van der Waals surface area contributed by atoms with Crippen LogP contribution in [0.1, 0.15) is 37.8 Å². The molecule has 1 amide bonds. The molecule has 1 N–H and O–H groups in total. The van der Waals surface area contributed by atoms with Crippen molar-refractivity contribution < 1.29 is 4.79 Å². The number of nitriles is 2. The fraction of sp³-hybridized carbons (Fsp3) is 0.364. The van der Waals surface area contributed by atoms with Gasteiger partial charge in [0.05, 0.1) is 33.4 Å². The molecule has 2 heterocycles. The average Bonchev–Trinajstić information content (AvgIpc) is 3.52. The van der Waals surface area contributed by atoms with E-state index in [1.165, 1.54) is 11.8 Å². The Morgan fingerprint density at radius 1 is 1.38 bits per heavy atom. The second-order valence-corrected chi connectivity index (χ2v) is 8.53. The second kappa shape index (κ2) is 7.42. The number of hydrogen-bond donors (Lipinski definition) is 1. The Morgan fingerprint density at radius 2 is 2.14 bits per heavy atom. The highest BCUT2D eigenvalue weighted by Crippen LogP contribution is 2.39. The quantitative estimate of drug-likeness (QED) is 0.632. The molecule has 146 valence electrons. The Labute approximate surface area is 173 Å². The highest BCUT2D eigenvalue weighted by molar-refractivity contribution is 7.99. The minimum Gasteiger partial charge on any atom is -0.337 e. The molecule has 6 nitrogen and oxygen atoms in total. The molecular weight excluding hydrogens is 382 g/mol. The van der Waals surface area contributed by atoms with E-state index in [-0.39, 0.29) is 17.6 Å². The zero-order valence-electron chi connectivity index (χ0n) is 16.4. The van der Waals surface area contributed by atoms with Crippen LogP contribution in [0.5, 0.6) is 0 Å². The minimum absolute atomic E-state index is 0.161. The van der Waals surface area contributed by atoms with Crippen LogP contribution in [0.3, 0.4) is 0 Å². The van der Waals surface area contributed by atoms with Gasteiger partial charge in [-0.05, 0) is 55.9 Å². The van der Waals surface area contributed by atoms with Crippen LogP contribution in [0, 0.1) is 28.6 Å². The fourth-order valence-corrected chi connectivity index (χ4v) is 4.59. The summed E-state index contributed by atoms with van der Waals surface area (Å²) in [4.78, 5) is 17.2. The molecule has 0 saturated heterocycles. The Kier molecular flexibility index (Phi) is 4.94. The minimum atomic E-state index is -0.798. The third kappa shape index (κ3) is 3.43. The maximum atomic E-state index is 12.6. The van der Waals surface area contributed by atoms with Gasteiger partial charge in [0.25, 0.3) is 0 Å². The molecule has 3 aromatic rings. The number of benzene rings is 1. The average molecular weight is 404 g/mol. The summed E-state index contributed by atoms with van der Waals surface area (Å²) in [6, 6.07) is 14.3. The molecule has 1 saturated carbocycles. The molecule has 1 atom stereocenters. The first-order valence-corrected chi connectivity index (χ1v) is 10.7. The smallest absolute Gasteiger partial charge is 0.231 e. The summed E-state index contributed by atoms with van der Waals surface area (Å²) in [7, 11) is 0. The first-order valence-electron chi connectivity index (χ1n) is 9.69. The van der Waals surface area contributed by atoms with E-state index in [9.17, 15) is 15.3 Å². The molecule has 1 aliphatic carbocycles. The van der Waals surface area contributed by atoms with Crippen LogP contribution in [-0.2, 0) is 11.2 Å². The largest absolute Gasteiger partial charge is 0.337 e. The van der Waals surface area contributed by atoms with Crippen LogP contribution >= 0.6 is 11.8 Å². The molecule has 1 aromatic carbocycles. The topological polar surface area (TPSA) is 94.0 Å². The highest BCUT2D eigenvalue weighted by Gasteiger charge is 2.42. The summed E-state index contributed by atoms with van der Waals surface area (Å²) in [6.07, 6.45) is 2.67. The lowest BCUT2D eigenvalue weighted by Gasteiger charge is -2.22. The summed E-state index contributed by atoms with van der Waals surface area (Å²) < 4.78 is 1.95. The van der Waals surface area contributed by atoms with Gasteiger partial charge in [0.1, 0.15) is 11.6 Å². The molecule has 0 bridgehead atoms. The number of imidazole rings is 1. The number of nitrogens with zero attached hydrogens (tertiary/aromatic N) is 4. The van der Waals surface area contributed by atoms with E-state index in [1.807, 2.05) is 41.7 Å². The third-order valence-corrected chi connectivity index (χ3v) is 6.50. The zero-order valence-corrected chi connectivity index (χ0v) is 17.2. The molecule has 0 aliphatic heterocycles. The Hall–Kier alpha value is -3.03. The number of aromatic nitrogens is 2. The number of aryl methyl sites for hydroxylation is 1. The van der Waals surface area contributed by atoms with Crippen molar-refractivity contribution in [3.8, 4) is 12.1 Å². The van der Waals surface area contributed by atoms with Gasteiger partial charge < -0.3 is 5.32 Å². The maximum Gasteiger partial charge on any atom is 0.231 e. The number of para-hydroxylation sites is 2. The van der Waals surface area contributed by atoms with Crippen LogP contribution in [0.15, 0.2) is 35.4 Å². The monoisotopic (exact) mass is 403 g/mol. The van der Waals surface area contributed by atoms with E-state index >= 15 is 0 Å². The molecular formula is C22H21N5OS. The first-order chi connectivity index (χ1) is 14.0. The van der Waals surface area contributed by atoms with Gasteiger partial charge in [0, 0.05) is 0 Å². The lowest BCUT2D eigenvalue weighted by Crippen LogP contribution is -2.47. The van der Waals surface area contributed by atoms with E-state index in [1.54, 1.807) is 6.92 Å². The number of nitrogens with one attached hydrogen (secondary N) is 1. The number of fused-ring (bicyclic) bond motifs is 3. The summed E-state index contributed by atoms with van der Waals surface area (Å²) in [5, 5.41) is 22.9. The van der Waals surface area contributed by atoms with Gasteiger partial charge in [0.15, 0.2) is 5.65 Å². The molecule has 7 heteroatoms. The maximum absolute atomic E-state index is 12.6. The lowest BCUT2D eigenvalue weighted by molar-refractivity contribution is -0.119. The lowest BCUT2D eigenvalue weighted by atomic mass is 9.98. The van der Waals surface area contributed by atoms with E-state index in [2.05, 4.69) is 22.4 Å². The summed E-state index contributed by atoms with van der Waals surface area (Å²) in [6.45, 7) is 3.80. The van der Waals surface area contributed by atoms with Crippen LogP contribution in [0.2, 0.25) is 0 Å². The molecule has 4 rings (SSSR count). The molecule has 29 heavy (non-hydrogen) atoms. The van der Waals surface area contributed by atoms with Crippen molar-refractivity contribution in [2.24, 2.45) is 5.92 Å². The van der Waals surface area contributed by atoms with Gasteiger partial charge >= 0.3 is 0 Å². The predicted octanol–water partition coefficient (Wildman–Crippen LogP) is 3.82. The van der Waals surface area contributed by atoms with Crippen molar-refractivity contribution in [1.29, 1.82) is 10.5 Å². The Bertz CT molecular complexity index is 1200. The Balaban J connectivity index is 1.69. The van der Waals surface area contributed by atoms with Crippen LogP contribution in [-0.4, -0.2) is 26.6 Å².